The zero-order valence-corrected chi connectivity index (χ0v) is 59.3. The average molecular weight is 1280 g/mol. The van der Waals surface area contributed by atoms with E-state index in [4.69, 9.17) is 14.2 Å². The highest BCUT2D eigenvalue weighted by Gasteiger charge is 2.44. The summed E-state index contributed by atoms with van der Waals surface area (Å²) in [6.45, 7) is 4.13. The molecule has 0 aromatic rings. The van der Waals surface area contributed by atoms with Crippen molar-refractivity contribution in [1.29, 1.82) is 0 Å². The Morgan fingerprint density at radius 1 is 0.429 bits per heavy atom. The first-order valence-electron chi connectivity index (χ1n) is 39.0. The summed E-state index contributed by atoms with van der Waals surface area (Å²) in [7, 11) is 0. The molecule has 1 fully saturated rings. The van der Waals surface area contributed by atoms with Gasteiger partial charge in [0.1, 0.15) is 24.4 Å². The number of nitrogens with one attached hydrogen (secondary N) is 1. The lowest BCUT2D eigenvalue weighted by molar-refractivity contribution is -0.302. The van der Waals surface area contributed by atoms with Crippen LogP contribution in [0.25, 0.3) is 0 Å². The molecule has 7 unspecified atom stereocenters. The third kappa shape index (κ3) is 57.3. The number of hydrogen-bond donors (Lipinski definition) is 6. The van der Waals surface area contributed by atoms with E-state index in [2.05, 4.69) is 54.8 Å². The largest absolute Gasteiger partial charge is 0.466 e. The Bertz CT molecular complexity index is 1700. The van der Waals surface area contributed by atoms with Crippen LogP contribution in [0.4, 0.5) is 0 Å². The lowest BCUT2D eigenvalue weighted by Gasteiger charge is -2.40. The molecule has 0 aromatic heterocycles. The van der Waals surface area contributed by atoms with Gasteiger partial charge in [0, 0.05) is 12.8 Å². The summed E-state index contributed by atoms with van der Waals surface area (Å²) in [4.78, 5) is 25.1. The Hall–Kier alpha value is -2.64. The summed E-state index contributed by atoms with van der Waals surface area (Å²) in [6.07, 6.45) is 83.0. The van der Waals surface area contributed by atoms with Crippen LogP contribution in [0.15, 0.2) is 60.8 Å². The van der Waals surface area contributed by atoms with Gasteiger partial charge in [0.25, 0.3) is 0 Å². The number of esters is 1. The number of carbonyl (C=O) groups is 2. The molecule has 1 saturated heterocycles. The average Bonchev–Trinajstić information content (AvgIpc) is 1.22. The highest BCUT2D eigenvalue weighted by Crippen LogP contribution is 2.24. The fraction of sp³-hybridized carbons (Fsp3) is 0.850. The minimum Gasteiger partial charge on any atom is -0.466 e. The van der Waals surface area contributed by atoms with Gasteiger partial charge in [-0.25, -0.2) is 0 Å². The van der Waals surface area contributed by atoms with Gasteiger partial charge in [-0.05, 0) is 84.0 Å². The van der Waals surface area contributed by atoms with Gasteiger partial charge in [0.2, 0.25) is 5.91 Å². The molecular weight excluding hydrogens is 1130 g/mol. The molecule has 0 radical (unpaired) electrons. The van der Waals surface area contributed by atoms with E-state index in [0.29, 0.717) is 19.4 Å². The van der Waals surface area contributed by atoms with E-state index in [9.17, 15) is 35.1 Å². The van der Waals surface area contributed by atoms with E-state index in [1.807, 2.05) is 19.1 Å². The molecule has 1 rings (SSSR count). The van der Waals surface area contributed by atoms with E-state index in [1.54, 1.807) is 6.08 Å². The first-order valence-corrected chi connectivity index (χ1v) is 39.0. The normalized spacial score (nSPS) is 17.9. The molecule has 11 heteroatoms. The van der Waals surface area contributed by atoms with E-state index >= 15 is 0 Å². The van der Waals surface area contributed by atoms with Gasteiger partial charge < -0.3 is 45.1 Å². The standard InChI is InChI=1S/C80H147NO10/c1-3-5-7-9-11-13-14-15-41-45-48-52-56-60-64-68-76(85)89-69-65-61-57-53-49-46-43-40-38-36-34-32-30-28-26-24-22-20-18-16-17-19-21-23-25-27-29-31-33-35-37-39-42-44-47-51-55-59-63-67-75(84)81-72(73(83)66-62-58-54-50-12-10-8-6-4-2)71-90-80-79(88)78(87)77(86)74(70-82)91-80/h4,6,12,16-17,20,22,50,62,66,72-74,77-80,82-83,86-88H,3,5,7-11,13-15,18-19,21,23-49,51-61,63-65,67-71H2,1-2H3,(H,81,84)/b6-4+,17-16-,22-20-,50-12+,66-62+. The second-order valence-corrected chi connectivity index (χ2v) is 27.1. The summed E-state index contributed by atoms with van der Waals surface area (Å²) in [5.41, 5.74) is 0. The van der Waals surface area contributed by atoms with Crippen LogP contribution in [0.1, 0.15) is 373 Å². The molecule has 11 nitrogen and oxygen atoms in total. The number of allylic oxidation sites excluding steroid dienone is 9. The highest BCUT2D eigenvalue weighted by atomic mass is 16.7. The lowest BCUT2D eigenvalue weighted by Crippen LogP contribution is -2.60. The van der Waals surface area contributed by atoms with E-state index in [0.717, 1.165) is 64.2 Å². The Labute approximate surface area is 560 Å². The predicted octanol–water partition coefficient (Wildman–Crippen LogP) is 20.9. The maximum absolute atomic E-state index is 13.0. The van der Waals surface area contributed by atoms with Gasteiger partial charge in [-0.3, -0.25) is 9.59 Å². The zero-order valence-electron chi connectivity index (χ0n) is 59.3. The Morgan fingerprint density at radius 3 is 1.21 bits per heavy atom. The van der Waals surface area contributed by atoms with Crippen LogP contribution in [0.3, 0.4) is 0 Å². The van der Waals surface area contributed by atoms with Crippen LogP contribution in [0, 0.1) is 0 Å². The fourth-order valence-corrected chi connectivity index (χ4v) is 12.3. The summed E-state index contributed by atoms with van der Waals surface area (Å²) >= 11 is 0. The van der Waals surface area contributed by atoms with Crippen molar-refractivity contribution in [3.05, 3.63) is 60.8 Å². The van der Waals surface area contributed by atoms with Crippen LogP contribution >= 0.6 is 0 Å². The van der Waals surface area contributed by atoms with Gasteiger partial charge in [-0.1, -0.05) is 337 Å². The van der Waals surface area contributed by atoms with Crippen molar-refractivity contribution in [3.8, 4) is 0 Å². The number of ether oxygens (including phenoxy) is 3. The smallest absolute Gasteiger partial charge is 0.305 e. The third-order valence-electron chi connectivity index (χ3n) is 18.4. The maximum atomic E-state index is 13.0. The third-order valence-corrected chi connectivity index (χ3v) is 18.4. The van der Waals surface area contributed by atoms with Gasteiger partial charge in [-0.2, -0.15) is 0 Å². The van der Waals surface area contributed by atoms with Gasteiger partial charge >= 0.3 is 5.97 Å². The van der Waals surface area contributed by atoms with Gasteiger partial charge in [0.05, 0.1) is 32.0 Å². The van der Waals surface area contributed by atoms with E-state index < -0.39 is 49.5 Å². The molecular formula is C80H147NO10. The van der Waals surface area contributed by atoms with Gasteiger partial charge in [-0.15, -0.1) is 0 Å². The van der Waals surface area contributed by atoms with Crippen molar-refractivity contribution in [1.82, 2.24) is 5.32 Å². The summed E-state index contributed by atoms with van der Waals surface area (Å²) < 4.78 is 16.7. The molecule has 0 bridgehead atoms. The minimum absolute atomic E-state index is 0.0174. The molecule has 6 N–H and O–H groups in total. The quantitative estimate of drug-likeness (QED) is 0.0195. The molecule has 0 spiro atoms. The van der Waals surface area contributed by atoms with Crippen LogP contribution in [-0.4, -0.2) is 100 Å². The van der Waals surface area contributed by atoms with Crippen molar-refractivity contribution < 1.29 is 49.3 Å². The molecule has 532 valence electrons. The van der Waals surface area contributed by atoms with Crippen LogP contribution in [-0.2, 0) is 23.8 Å². The molecule has 1 heterocycles. The van der Waals surface area contributed by atoms with Crippen LogP contribution in [0.5, 0.6) is 0 Å². The van der Waals surface area contributed by atoms with Crippen molar-refractivity contribution in [2.45, 2.75) is 416 Å². The lowest BCUT2D eigenvalue weighted by atomic mass is 9.99. The number of aliphatic hydroxyl groups excluding tert-OH is 5. The monoisotopic (exact) mass is 1280 g/mol. The highest BCUT2D eigenvalue weighted by molar-refractivity contribution is 5.76. The summed E-state index contributed by atoms with van der Waals surface area (Å²) in [6, 6.07) is -0.832. The Kier molecular flexibility index (Phi) is 65.2. The molecule has 0 aliphatic carbocycles. The number of hydrogen-bond acceptors (Lipinski definition) is 10. The first-order chi connectivity index (χ1) is 44.7. The van der Waals surface area contributed by atoms with Crippen molar-refractivity contribution in [2.75, 3.05) is 19.8 Å². The Balaban J connectivity index is 1.87. The molecule has 0 saturated carbocycles. The molecule has 1 aliphatic heterocycles. The van der Waals surface area contributed by atoms with Crippen molar-refractivity contribution >= 4 is 11.9 Å². The molecule has 1 aliphatic rings. The number of rotatable bonds is 69. The number of amides is 1. The van der Waals surface area contributed by atoms with Gasteiger partial charge in [0.15, 0.2) is 6.29 Å². The number of carbonyl (C=O) groups excluding carboxylic acids is 2. The molecule has 0 aromatic carbocycles. The molecule has 7 atom stereocenters. The number of aliphatic hydroxyl groups is 5. The minimum atomic E-state index is -1.58. The zero-order chi connectivity index (χ0) is 65.8. The SMILES string of the molecule is C/C=C/CC/C=C/CC/C=C/C(O)C(COC1OC(CO)C(O)C(O)C1O)NC(=O)CCCCCCCCCCCCCCCCCCC/C=C\C/C=C\CCCCCCCCCCCCCCCCCOC(=O)CCCCCCCCCCCCCCCCC. The van der Waals surface area contributed by atoms with Crippen molar-refractivity contribution in [2.24, 2.45) is 0 Å². The summed E-state index contributed by atoms with van der Waals surface area (Å²) in [5.74, 6) is -0.178. The van der Waals surface area contributed by atoms with E-state index in [1.165, 1.54) is 283 Å². The van der Waals surface area contributed by atoms with E-state index in [-0.39, 0.29) is 18.5 Å². The molecule has 91 heavy (non-hydrogen) atoms. The predicted molar refractivity (Wildman–Crippen MR) is 384 cm³/mol. The summed E-state index contributed by atoms with van der Waals surface area (Å²) in [5, 5.41) is 54.3. The maximum Gasteiger partial charge on any atom is 0.305 e. The van der Waals surface area contributed by atoms with Crippen molar-refractivity contribution in [3.63, 3.8) is 0 Å². The molecule has 1 amide bonds. The second kappa shape index (κ2) is 68.7. The first kappa shape index (κ1) is 86.4. The van der Waals surface area contributed by atoms with Crippen LogP contribution < -0.4 is 5.32 Å². The number of unbranched alkanes of at least 4 members (excludes halogenated alkanes) is 48. The Morgan fingerprint density at radius 2 is 0.791 bits per heavy atom. The fourth-order valence-electron chi connectivity index (χ4n) is 12.3. The second-order valence-electron chi connectivity index (χ2n) is 27.1. The van der Waals surface area contributed by atoms with Crippen LogP contribution in [0.2, 0.25) is 0 Å². The topological polar surface area (TPSA) is 175 Å².